The quantitative estimate of drug-likeness (QED) is 0.383. The SMILES string of the molecule is Cc1cc(OC(C)C)ccc1/C(C(=O)NCc1cccnc1)=C(\CCc1ccccn1)C(C)C. The molecule has 34 heavy (non-hydrogen) atoms. The number of aromatic nitrogens is 2. The fourth-order valence-corrected chi connectivity index (χ4v) is 3.99. The zero-order chi connectivity index (χ0) is 24.5. The van der Waals surface area contributed by atoms with Crippen molar-refractivity contribution in [1.29, 1.82) is 0 Å². The molecule has 5 heteroatoms. The molecule has 178 valence electrons. The summed E-state index contributed by atoms with van der Waals surface area (Å²) >= 11 is 0. The lowest BCUT2D eigenvalue weighted by Gasteiger charge is -2.21. The van der Waals surface area contributed by atoms with E-state index in [2.05, 4.69) is 29.1 Å². The van der Waals surface area contributed by atoms with Gasteiger partial charge < -0.3 is 10.1 Å². The van der Waals surface area contributed by atoms with E-state index in [0.29, 0.717) is 6.54 Å². The smallest absolute Gasteiger partial charge is 0.252 e. The van der Waals surface area contributed by atoms with Gasteiger partial charge in [0.25, 0.3) is 5.91 Å². The van der Waals surface area contributed by atoms with Crippen molar-refractivity contribution >= 4 is 11.5 Å². The molecule has 0 aliphatic heterocycles. The fraction of sp³-hybridized carbons (Fsp3) is 0.345. The number of benzene rings is 1. The van der Waals surface area contributed by atoms with Crippen molar-refractivity contribution in [2.45, 2.75) is 60.1 Å². The number of nitrogens with zero attached hydrogens (tertiary/aromatic N) is 2. The molecule has 0 fully saturated rings. The zero-order valence-corrected chi connectivity index (χ0v) is 20.8. The monoisotopic (exact) mass is 457 g/mol. The van der Waals surface area contributed by atoms with Crippen molar-refractivity contribution in [2.75, 3.05) is 0 Å². The number of hydrogen-bond donors (Lipinski definition) is 1. The molecule has 0 aliphatic rings. The second-order valence-electron chi connectivity index (χ2n) is 9.06. The Morgan fingerprint density at radius 1 is 1.03 bits per heavy atom. The molecular formula is C29H35N3O2. The van der Waals surface area contributed by atoms with E-state index in [0.717, 1.165) is 52.1 Å². The third-order valence-electron chi connectivity index (χ3n) is 5.64. The number of carbonyl (C=O) groups excluding carboxylic acids is 1. The molecule has 0 saturated carbocycles. The van der Waals surface area contributed by atoms with Crippen LogP contribution in [-0.4, -0.2) is 22.0 Å². The molecule has 3 rings (SSSR count). The van der Waals surface area contributed by atoms with Crippen LogP contribution in [0.1, 0.15) is 56.5 Å². The van der Waals surface area contributed by atoms with Gasteiger partial charge in [0.1, 0.15) is 5.75 Å². The summed E-state index contributed by atoms with van der Waals surface area (Å²) in [6.07, 6.45) is 6.95. The van der Waals surface area contributed by atoms with Crippen LogP contribution in [0.3, 0.4) is 0 Å². The van der Waals surface area contributed by atoms with Crippen LogP contribution >= 0.6 is 0 Å². The highest BCUT2D eigenvalue weighted by atomic mass is 16.5. The zero-order valence-electron chi connectivity index (χ0n) is 20.8. The van der Waals surface area contributed by atoms with Gasteiger partial charge in [-0.05, 0) is 86.6 Å². The lowest BCUT2D eigenvalue weighted by Crippen LogP contribution is -2.26. The van der Waals surface area contributed by atoms with E-state index >= 15 is 0 Å². The highest BCUT2D eigenvalue weighted by molar-refractivity contribution is 6.21. The molecule has 1 N–H and O–H groups in total. The lowest BCUT2D eigenvalue weighted by molar-refractivity contribution is -0.115. The van der Waals surface area contributed by atoms with Crippen LogP contribution in [0.2, 0.25) is 0 Å². The average Bonchev–Trinajstić information content (AvgIpc) is 2.81. The summed E-state index contributed by atoms with van der Waals surface area (Å²) in [4.78, 5) is 22.3. The largest absolute Gasteiger partial charge is 0.491 e. The number of carbonyl (C=O) groups is 1. The molecule has 0 spiro atoms. The Morgan fingerprint density at radius 3 is 2.47 bits per heavy atom. The van der Waals surface area contributed by atoms with Crippen LogP contribution in [0, 0.1) is 12.8 Å². The fourth-order valence-electron chi connectivity index (χ4n) is 3.99. The number of aryl methyl sites for hydroxylation is 2. The highest BCUT2D eigenvalue weighted by Gasteiger charge is 2.22. The van der Waals surface area contributed by atoms with E-state index < -0.39 is 0 Å². The van der Waals surface area contributed by atoms with Gasteiger partial charge in [0.2, 0.25) is 0 Å². The normalized spacial score (nSPS) is 12.0. The predicted molar refractivity (Wildman–Crippen MR) is 137 cm³/mol. The Bertz CT molecular complexity index is 1110. The summed E-state index contributed by atoms with van der Waals surface area (Å²) in [5, 5.41) is 3.12. The van der Waals surface area contributed by atoms with Crippen molar-refractivity contribution in [3.05, 3.63) is 95.1 Å². The van der Waals surface area contributed by atoms with Gasteiger partial charge in [-0.1, -0.05) is 37.6 Å². The topological polar surface area (TPSA) is 64.1 Å². The second-order valence-corrected chi connectivity index (χ2v) is 9.06. The van der Waals surface area contributed by atoms with Crippen molar-refractivity contribution in [1.82, 2.24) is 15.3 Å². The van der Waals surface area contributed by atoms with Gasteiger partial charge >= 0.3 is 0 Å². The molecule has 0 aliphatic carbocycles. The minimum atomic E-state index is -0.0748. The van der Waals surface area contributed by atoms with Crippen LogP contribution in [0.15, 0.2) is 72.7 Å². The maximum Gasteiger partial charge on any atom is 0.252 e. The minimum absolute atomic E-state index is 0.0748. The van der Waals surface area contributed by atoms with Crippen LogP contribution < -0.4 is 10.1 Å². The number of rotatable bonds is 10. The second kappa shape index (κ2) is 12.1. The van der Waals surface area contributed by atoms with Crippen molar-refractivity contribution < 1.29 is 9.53 Å². The van der Waals surface area contributed by atoms with Gasteiger partial charge in [-0.3, -0.25) is 14.8 Å². The van der Waals surface area contributed by atoms with Crippen LogP contribution in [0.4, 0.5) is 0 Å². The van der Waals surface area contributed by atoms with Crippen LogP contribution in [-0.2, 0) is 17.8 Å². The first-order chi connectivity index (χ1) is 16.3. The Labute approximate surface area is 203 Å². The van der Waals surface area contributed by atoms with E-state index in [9.17, 15) is 4.79 Å². The van der Waals surface area contributed by atoms with E-state index in [1.807, 2.05) is 75.5 Å². The first kappa shape index (κ1) is 25.2. The number of amides is 1. The molecule has 0 radical (unpaired) electrons. The molecule has 5 nitrogen and oxygen atoms in total. The predicted octanol–water partition coefficient (Wildman–Crippen LogP) is 5.93. The van der Waals surface area contributed by atoms with Gasteiger partial charge in [-0.15, -0.1) is 0 Å². The molecule has 0 unspecified atom stereocenters. The summed E-state index contributed by atoms with van der Waals surface area (Å²) < 4.78 is 5.88. The first-order valence-corrected chi connectivity index (χ1v) is 11.9. The molecule has 0 atom stereocenters. The van der Waals surface area contributed by atoms with E-state index in [1.165, 1.54) is 0 Å². The average molecular weight is 458 g/mol. The summed E-state index contributed by atoms with van der Waals surface area (Å²) in [5.74, 6) is 0.939. The van der Waals surface area contributed by atoms with Gasteiger partial charge in [-0.25, -0.2) is 0 Å². The van der Waals surface area contributed by atoms with Crippen LogP contribution in [0.5, 0.6) is 5.75 Å². The summed E-state index contributed by atoms with van der Waals surface area (Å²) in [6, 6.07) is 15.8. The van der Waals surface area contributed by atoms with E-state index in [4.69, 9.17) is 4.74 Å². The number of hydrogen-bond acceptors (Lipinski definition) is 4. The minimum Gasteiger partial charge on any atom is -0.491 e. The number of allylic oxidation sites excluding steroid dienone is 1. The third kappa shape index (κ3) is 7.01. The Balaban J connectivity index is 1.99. The van der Waals surface area contributed by atoms with Crippen molar-refractivity contribution in [2.24, 2.45) is 5.92 Å². The summed E-state index contributed by atoms with van der Waals surface area (Å²) in [7, 11) is 0. The molecule has 2 heterocycles. The van der Waals surface area contributed by atoms with E-state index in [-0.39, 0.29) is 17.9 Å². The molecule has 2 aromatic heterocycles. The summed E-state index contributed by atoms with van der Waals surface area (Å²) in [6.45, 7) is 10.8. The maximum atomic E-state index is 13.7. The number of ether oxygens (including phenoxy) is 1. The van der Waals surface area contributed by atoms with Crippen molar-refractivity contribution in [3.8, 4) is 5.75 Å². The van der Waals surface area contributed by atoms with Gasteiger partial charge in [0.15, 0.2) is 0 Å². The Hall–Kier alpha value is -3.47. The molecule has 0 bridgehead atoms. The molecule has 1 amide bonds. The van der Waals surface area contributed by atoms with Gasteiger partial charge in [0, 0.05) is 36.4 Å². The Morgan fingerprint density at radius 2 is 1.85 bits per heavy atom. The first-order valence-electron chi connectivity index (χ1n) is 11.9. The van der Waals surface area contributed by atoms with Gasteiger partial charge in [0.05, 0.1) is 6.10 Å². The molecule has 0 saturated heterocycles. The Kier molecular flexibility index (Phi) is 8.97. The van der Waals surface area contributed by atoms with E-state index in [1.54, 1.807) is 12.4 Å². The lowest BCUT2D eigenvalue weighted by atomic mass is 9.86. The van der Waals surface area contributed by atoms with Gasteiger partial charge in [-0.2, -0.15) is 0 Å². The maximum absolute atomic E-state index is 13.7. The number of nitrogens with one attached hydrogen (secondary N) is 1. The third-order valence-corrected chi connectivity index (χ3v) is 5.64. The highest BCUT2D eigenvalue weighted by Crippen LogP contribution is 2.32. The molecular weight excluding hydrogens is 422 g/mol. The van der Waals surface area contributed by atoms with Crippen molar-refractivity contribution in [3.63, 3.8) is 0 Å². The summed E-state index contributed by atoms with van der Waals surface area (Å²) in [5.41, 5.74) is 5.80. The molecule has 3 aromatic rings. The van der Waals surface area contributed by atoms with Crippen LogP contribution in [0.25, 0.3) is 5.57 Å². The molecule has 1 aromatic carbocycles. The number of pyridine rings is 2. The standard InChI is InChI=1S/C29H35N3O2/c1-20(2)26(13-11-24-10-6-7-16-31-24)28(29(33)32-19-23-9-8-15-30-18-23)27-14-12-25(17-22(27)5)34-21(3)4/h6-10,12,14-18,20-21H,11,13,19H2,1-5H3,(H,32,33)/b28-26-.